The average molecular weight is 410 g/mol. The number of aliphatic hydroxyl groups excluding tert-OH is 1. The van der Waals surface area contributed by atoms with Crippen molar-refractivity contribution in [3.63, 3.8) is 0 Å². The molecule has 1 saturated heterocycles. The highest BCUT2D eigenvalue weighted by Gasteiger charge is 2.47. The number of aryl methyl sites for hydroxylation is 1. The van der Waals surface area contributed by atoms with Gasteiger partial charge < -0.3 is 14.7 Å². The van der Waals surface area contributed by atoms with E-state index in [1.165, 1.54) is 30.2 Å². The van der Waals surface area contributed by atoms with E-state index in [1.807, 2.05) is 6.92 Å². The molecule has 1 heterocycles. The lowest BCUT2D eigenvalue weighted by Gasteiger charge is -2.25. The topological polar surface area (TPSA) is 110 Å². The lowest BCUT2D eigenvalue weighted by atomic mass is 9.94. The van der Waals surface area contributed by atoms with E-state index in [0.717, 1.165) is 5.56 Å². The van der Waals surface area contributed by atoms with Crippen molar-refractivity contribution in [1.82, 2.24) is 4.90 Å². The maximum absolute atomic E-state index is 12.9. The highest BCUT2D eigenvalue weighted by Crippen LogP contribution is 2.42. The van der Waals surface area contributed by atoms with Crippen molar-refractivity contribution >= 4 is 23.1 Å². The molecule has 0 spiro atoms. The molecule has 0 aliphatic carbocycles. The van der Waals surface area contributed by atoms with Crippen LogP contribution in [0.3, 0.4) is 0 Å². The fourth-order valence-corrected chi connectivity index (χ4v) is 3.57. The Morgan fingerprint density at radius 2 is 1.83 bits per heavy atom. The standard InChI is InChI=1S/C22H22N2O6/c1-14-8-10-15(11-9-14)20(25)18-19(16-6-3-4-7-17(16)24(28)29)23(12-5-13-30-2)22(27)21(18)26/h3-4,6-11,19,25H,5,12-13H2,1-2H3/t19-/m1/s1. The van der Waals surface area contributed by atoms with Gasteiger partial charge in [-0.05, 0) is 19.4 Å². The Labute approximate surface area is 173 Å². The fraction of sp³-hybridized carbons (Fsp3) is 0.273. The van der Waals surface area contributed by atoms with Gasteiger partial charge in [-0.3, -0.25) is 19.7 Å². The number of nitrogens with zero attached hydrogens (tertiary/aromatic N) is 2. The molecule has 1 atom stereocenters. The summed E-state index contributed by atoms with van der Waals surface area (Å²) in [7, 11) is 1.52. The van der Waals surface area contributed by atoms with Gasteiger partial charge in [-0.25, -0.2) is 0 Å². The summed E-state index contributed by atoms with van der Waals surface area (Å²) < 4.78 is 5.03. The number of para-hydroxylation sites is 1. The Morgan fingerprint density at radius 3 is 2.47 bits per heavy atom. The van der Waals surface area contributed by atoms with E-state index >= 15 is 0 Å². The molecule has 0 aromatic heterocycles. The van der Waals surface area contributed by atoms with E-state index < -0.39 is 22.7 Å². The second-order valence-corrected chi connectivity index (χ2v) is 7.02. The molecule has 0 radical (unpaired) electrons. The SMILES string of the molecule is COCCCN1C(=O)C(=O)C(=C(O)c2ccc(C)cc2)[C@H]1c1ccccc1[N+](=O)[O-]. The summed E-state index contributed by atoms with van der Waals surface area (Å²) in [5, 5.41) is 22.5. The minimum atomic E-state index is -1.07. The predicted molar refractivity (Wildman–Crippen MR) is 110 cm³/mol. The highest BCUT2D eigenvalue weighted by atomic mass is 16.6. The Morgan fingerprint density at radius 1 is 1.17 bits per heavy atom. The summed E-state index contributed by atoms with van der Waals surface area (Å²) in [5.41, 5.74) is 1.11. The van der Waals surface area contributed by atoms with E-state index in [0.29, 0.717) is 18.6 Å². The molecular weight excluding hydrogens is 388 g/mol. The number of Topliss-reactive ketones (excluding diaryl/α,β-unsaturated/α-hetero) is 1. The van der Waals surface area contributed by atoms with Crippen molar-refractivity contribution in [2.75, 3.05) is 20.3 Å². The molecule has 0 saturated carbocycles. The number of amides is 1. The lowest BCUT2D eigenvalue weighted by Crippen LogP contribution is -2.31. The van der Waals surface area contributed by atoms with Crippen LogP contribution in [0.25, 0.3) is 5.76 Å². The van der Waals surface area contributed by atoms with Gasteiger partial charge in [0.2, 0.25) is 0 Å². The number of carbonyl (C=O) groups is 2. The fourth-order valence-electron chi connectivity index (χ4n) is 3.57. The molecule has 1 N–H and O–H groups in total. The first-order chi connectivity index (χ1) is 14.4. The van der Waals surface area contributed by atoms with Crippen LogP contribution in [-0.4, -0.2) is 46.9 Å². The van der Waals surface area contributed by atoms with Crippen LogP contribution in [0, 0.1) is 17.0 Å². The normalized spacial score (nSPS) is 18.1. The van der Waals surface area contributed by atoms with E-state index in [2.05, 4.69) is 0 Å². The smallest absolute Gasteiger partial charge is 0.295 e. The zero-order chi connectivity index (χ0) is 21.8. The first-order valence-electron chi connectivity index (χ1n) is 9.44. The van der Waals surface area contributed by atoms with Crippen LogP contribution in [0.2, 0.25) is 0 Å². The number of hydrogen-bond acceptors (Lipinski definition) is 6. The third kappa shape index (κ3) is 3.95. The molecule has 30 heavy (non-hydrogen) atoms. The van der Waals surface area contributed by atoms with Crippen molar-refractivity contribution in [1.29, 1.82) is 0 Å². The number of ether oxygens (including phenoxy) is 1. The number of likely N-dealkylation sites (tertiary alicyclic amines) is 1. The van der Waals surface area contributed by atoms with Gasteiger partial charge in [-0.1, -0.05) is 42.0 Å². The van der Waals surface area contributed by atoms with Crippen molar-refractivity contribution in [3.8, 4) is 0 Å². The van der Waals surface area contributed by atoms with Crippen molar-refractivity contribution in [2.24, 2.45) is 0 Å². The van der Waals surface area contributed by atoms with Crippen LogP contribution in [0.1, 0.15) is 29.2 Å². The minimum absolute atomic E-state index is 0.153. The molecule has 2 aromatic rings. The number of ketones is 1. The number of methoxy groups -OCH3 is 1. The molecule has 156 valence electrons. The zero-order valence-electron chi connectivity index (χ0n) is 16.7. The lowest BCUT2D eigenvalue weighted by molar-refractivity contribution is -0.385. The first-order valence-corrected chi connectivity index (χ1v) is 9.44. The molecule has 2 aromatic carbocycles. The van der Waals surface area contributed by atoms with Gasteiger partial charge in [0.1, 0.15) is 5.76 Å². The van der Waals surface area contributed by atoms with Gasteiger partial charge in [-0.15, -0.1) is 0 Å². The number of benzene rings is 2. The first kappa shape index (κ1) is 21.2. The number of nitro benzene ring substituents is 1. The maximum atomic E-state index is 12.9. The molecular formula is C22H22N2O6. The molecule has 1 aliphatic heterocycles. The summed E-state index contributed by atoms with van der Waals surface area (Å²) in [6.45, 7) is 2.39. The molecule has 8 heteroatoms. The molecule has 8 nitrogen and oxygen atoms in total. The summed E-state index contributed by atoms with van der Waals surface area (Å²) in [5.74, 6) is -2.03. The third-order valence-electron chi connectivity index (χ3n) is 5.04. The van der Waals surface area contributed by atoms with Crippen molar-refractivity contribution in [2.45, 2.75) is 19.4 Å². The second kappa shape index (κ2) is 8.87. The van der Waals surface area contributed by atoms with Gasteiger partial charge >= 0.3 is 0 Å². The molecule has 1 aliphatic rings. The monoisotopic (exact) mass is 410 g/mol. The maximum Gasteiger partial charge on any atom is 0.295 e. The van der Waals surface area contributed by atoms with Gasteiger partial charge in [0.25, 0.3) is 17.4 Å². The molecule has 1 fully saturated rings. The van der Waals surface area contributed by atoms with Gasteiger partial charge in [0.15, 0.2) is 0 Å². The van der Waals surface area contributed by atoms with Gasteiger partial charge in [0, 0.05) is 31.9 Å². The summed E-state index contributed by atoms with van der Waals surface area (Å²) in [6.07, 6.45) is 0.436. The minimum Gasteiger partial charge on any atom is -0.507 e. The highest BCUT2D eigenvalue weighted by molar-refractivity contribution is 6.46. The van der Waals surface area contributed by atoms with Crippen LogP contribution in [0.4, 0.5) is 5.69 Å². The van der Waals surface area contributed by atoms with Crippen LogP contribution >= 0.6 is 0 Å². The van der Waals surface area contributed by atoms with E-state index in [-0.39, 0.29) is 29.1 Å². The van der Waals surface area contributed by atoms with Crippen LogP contribution in [-0.2, 0) is 14.3 Å². The van der Waals surface area contributed by atoms with E-state index in [4.69, 9.17) is 4.74 Å². The Hall–Kier alpha value is -3.52. The van der Waals surface area contributed by atoms with Gasteiger partial charge in [0.05, 0.1) is 22.1 Å². The Balaban J connectivity index is 2.20. The van der Waals surface area contributed by atoms with Gasteiger partial charge in [-0.2, -0.15) is 0 Å². The van der Waals surface area contributed by atoms with E-state index in [1.54, 1.807) is 30.3 Å². The largest absolute Gasteiger partial charge is 0.507 e. The predicted octanol–water partition coefficient (Wildman–Crippen LogP) is 3.36. The summed E-state index contributed by atoms with van der Waals surface area (Å²) in [4.78, 5) is 38.0. The van der Waals surface area contributed by atoms with E-state index in [9.17, 15) is 24.8 Å². The zero-order valence-corrected chi connectivity index (χ0v) is 16.7. The number of rotatable bonds is 7. The third-order valence-corrected chi connectivity index (χ3v) is 5.04. The van der Waals surface area contributed by atoms with Crippen molar-refractivity contribution in [3.05, 3.63) is 80.9 Å². The van der Waals surface area contributed by atoms with Crippen LogP contribution < -0.4 is 0 Å². The average Bonchev–Trinajstić information content (AvgIpc) is 2.99. The number of hydrogen-bond donors (Lipinski definition) is 1. The van der Waals surface area contributed by atoms with Crippen LogP contribution in [0.15, 0.2) is 54.1 Å². The molecule has 0 bridgehead atoms. The molecule has 3 rings (SSSR count). The number of nitro groups is 1. The second-order valence-electron chi connectivity index (χ2n) is 7.02. The molecule has 0 unspecified atom stereocenters. The summed E-state index contributed by atoms with van der Waals surface area (Å²) in [6, 6.07) is 11.7. The number of aliphatic hydroxyl groups is 1. The Bertz CT molecular complexity index is 1010. The summed E-state index contributed by atoms with van der Waals surface area (Å²) >= 11 is 0. The quantitative estimate of drug-likeness (QED) is 0.187. The van der Waals surface area contributed by atoms with Crippen LogP contribution in [0.5, 0.6) is 0 Å². The molecule has 1 amide bonds. The number of carbonyl (C=O) groups excluding carboxylic acids is 2. The van der Waals surface area contributed by atoms with Crippen molar-refractivity contribution < 1.29 is 24.4 Å². The Kier molecular flexibility index (Phi) is 6.27.